The van der Waals surface area contributed by atoms with Crippen molar-refractivity contribution < 1.29 is 0 Å². The molecule has 0 aliphatic carbocycles. The maximum atomic E-state index is 2.41. The fourth-order valence-corrected chi connectivity index (χ4v) is 11.5. The standard InChI is InChI=1S/C52H30S2/c1-2-11-32(12-3-1)48-39-14-6-8-16-41(39)49(42-17-9-7-15-40(42)48)37-21-20-33-28-34(18-19-35(33)29-37)36-23-26-46-45(30-36)43-24-25-44-50-38-13-5-4-10-31(38)22-27-47(50)54-52(44)51(43)53-46/h1-30H. The van der Waals surface area contributed by atoms with Crippen molar-refractivity contribution in [2.45, 2.75) is 0 Å². The average Bonchev–Trinajstić information content (AvgIpc) is 3.81. The number of hydrogen-bond donors (Lipinski definition) is 0. The molecule has 0 aliphatic rings. The van der Waals surface area contributed by atoms with E-state index >= 15 is 0 Å². The summed E-state index contributed by atoms with van der Waals surface area (Å²) in [6.45, 7) is 0. The average molecular weight is 719 g/mol. The molecule has 0 nitrogen and oxygen atoms in total. The van der Waals surface area contributed by atoms with Crippen LogP contribution in [-0.4, -0.2) is 0 Å². The first-order chi connectivity index (χ1) is 26.8. The molecule has 0 N–H and O–H groups in total. The zero-order chi connectivity index (χ0) is 35.3. The highest BCUT2D eigenvalue weighted by molar-refractivity contribution is 7.33. The van der Waals surface area contributed by atoms with E-state index < -0.39 is 0 Å². The normalized spacial score (nSPS) is 12.1. The molecule has 0 bridgehead atoms. The quantitative estimate of drug-likeness (QED) is 0.160. The molecule has 0 saturated carbocycles. The van der Waals surface area contributed by atoms with E-state index in [0.29, 0.717) is 0 Å². The van der Waals surface area contributed by atoms with Gasteiger partial charge in [-0.1, -0.05) is 152 Å². The van der Waals surface area contributed by atoms with Crippen LogP contribution in [0.2, 0.25) is 0 Å². The fraction of sp³-hybridized carbons (Fsp3) is 0. The highest BCUT2D eigenvalue weighted by Gasteiger charge is 2.18. The summed E-state index contributed by atoms with van der Waals surface area (Å²) in [6.07, 6.45) is 0. The molecule has 12 rings (SSSR count). The molecule has 2 aromatic heterocycles. The monoisotopic (exact) mass is 718 g/mol. The lowest BCUT2D eigenvalue weighted by Crippen LogP contribution is -1.90. The second kappa shape index (κ2) is 11.6. The summed E-state index contributed by atoms with van der Waals surface area (Å²) < 4.78 is 5.50. The molecule has 2 heterocycles. The van der Waals surface area contributed by atoms with E-state index in [1.165, 1.54) is 117 Å². The van der Waals surface area contributed by atoms with Gasteiger partial charge in [-0.15, -0.1) is 22.7 Å². The van der Waals surface area contributed by atoms with Crippen LogP contribution in [0.25, 0.3) is 117 Å². The Kier molecular flexibility index (Phi) is 6.48. The SMILES string of the molecule is c1ccc(-c2c3ccccc3c(-c3ccc4cc(-c5ccc6sc7c(ccc8c7sc7ccc9ccccc9c78)c6c5)ccc4c3)c3ccccc23)cc1. The van der Waals surface area contributed by atoms with Crippen LogP contribution in [0.4, 0.5) is 0 Å². The van der Waals surface area contributed by atoms with Gasteiger partial charge in [0.05, 0.1) is 9.40 Å². The molecule has 2 heteroatoms. The van der Waals surface area contributed by atoms with Crippen molar-refractivity contribution in [3.8, 4) is 33.4 Å². The Morgan fingerprint density at radius 3 is 1.50 bits per heavy atom. The zero-order valence-corrected chi connectivity index (χ0v) is 30.8. The second-order valence-corrected chi connectivity index (χ2v) is 16.5. The van der Waals surface area contributed by atoms with Crippen LogP contribution in [0.5, 0.6) is 0 Å². The van der Waals surface area contributed by atoms with Crippen molar-refractivity contribution in [1.29, 1.82) is 0 Å². The molecule has 0 atom stereocenters. The van der Waals surface area contributed by atoms with Gasteiger partial charge in [0, 0.05) is 30.9 Å². The summed E-state index contributed by atoms with van der Waals surface area (Å²) in [4.78, 5) is 0. The van der Waals surface area contributed by atoms with Crippen molar-refractivity contribution in [2.24, 2.45) is 0 Å². The zero-order valence-electron chi connectivity index (χ0n) is 29.1. The lowest BCUT2D eigenvalue weighted by molar-refractivity contribution is 1.66. The fourth-order valence-electron chi connectivity index (χ4n) is 8.95. The Morgan fingerprint density at radius 1 is 0.259 bits per heavy atom. The lowest BCUT2D eigenvalue weighted by Gasteiger charge is -2.18. The first-order valence-corrected chi connectivity index (χ1v) is 20.1. The van der Waals surface area contributed by atoms with Crippen molar-refractivity contribution in [1.82, 2.24) is 0 Å². The minimum absolute atomic E-state index is 1.24. The molecule has 54 heavy (non-hydrogen) atoms. The molecule has 0 aliphatic heterocycles. The van der Waals surface area contributed by atoms with Gasteiger partial charge in [-0.3, -0.25) is 0 Å². The highest BCUT2D eigenvalue weighted by atomic mass is 32.1. The van der Waals surface area contributed by atoms with E-state index in [4.69, 9.17) is 0 Å². The first kappa shape index (κ1) is 30.2. The first-order valence-electron chi connectivity index (χ1n) is 18.5. The van der Waals surface area contributed by atoms with Gasteiger partial charge in [0.1, 0.15) is 0 Å². The summed E-state index contributed by atoms with van der Waals surface area (Å²) in [5.74, 6) is 0. The van der Waals surface area contributed by atoms with Gasteiger partial charge < -0.3 is 0 Å². The molecule has 0 spiro atoms. The molecule has 0 amide bonds. The Balaban J connectivity index is 0.980. The van der Waals surface area contributed by atoms with E-state index in [9.17, 15) is 0 Å². The second-order valence-electron chi connectivity index (χ2n) is 14.4. The third-order valence-electron chi connectivity index (χ3n) is 11.4. The third-order valence-corrected chi connectivity index (χ3v) is 13.9. The van der Waals surface area contributed by atoms with Gasteiger partial charge >= 0.3 is 0 Å². The van der Waals surface area contributed by atoms with Crippen LogP contribution >= 0.6 is 22.7 Å². The Labute approximate surface area is 319 Å². The summed E-state index contributed by atoms with van der Waals surface area (Å²) in [6, 6.07) is 67.7. The van der Waals surface area contributed by atoms with Crippen molar-refractivity contribution in [3.63, 3.8) is 0 Å². The predicted molar refractivity (Wildman–Crippen MR) is 239 cm³/mol. The van der Waals surface area contributed by atoms with E-state index in [0.717, 1.165) is 0 Å². The van der Waals surface area contributed by atoms with Crippen molar-refractivity contribution >= 4 is 106 Å². The van der Waals surface area contributed by atoms with Crippen LogP contribution in [0.3, 0.4) is 0 Å². The Bertz CT molecular complexity index is 3430. The molecule has 0 fully saturated rings. The van der Waals surface area contributed by atoms with Gasteiger partial charge in [-0.05, 0) is 107 Å². The van der Waals surface area contributed by atoms with Gasteiger partial charge in [0.25, 0.3) is 0 Å². The smallest absolute Gasteiger partial charge is 0.0534 e. The van der Waals surface area contributed by atoms with Crippen LogP contribution in [0, 0.1) is 0 Å². The van der Waals surface area contributed by atoms with Crippen LogP contribution in [0.15, 0.2) is 182 Å². The summed E-state index contributed by atoms with van der Waals surface area (Å²) in [7, 11) is 0. The van der Waals surface area contributed by atoms with Gasteiger partial charge in [-0.25, -0.2) is 0 Å². The Hall–Kier alpha value is -6.32. The number of thiophene rings is 2. The van der Waals surface area contributed by atoms with E-state index in [-0.39, 0.29) is 0 Å². The largest absolute Gasteiger partial charge is 0.134 e. The summed E-state index contributed by atoms with van der Waals surface area (Å²) in [5.41, 5.74) is 7.58. The van der Waals surface area contributed by atoms with E-state index in [1.807, 2.05) is 22.7 Å². The molecule has 0 radical (unpaired) electrons. The molecule has 0 saturated heterocycles. The number of fused-ring (bicyclic) bond motifs is 12. The van der Waals surface area contributed by atoms with Crippen LogP contribution in [0.1, 0.15) is 0 Å². The number of hydrogen-bond acceptors (Lipinski definition) is 2. The summed E-state index contributed by atoms with van der Waals surface area (Å²) in [5, 5.41) is 15.7. The molecule has 12 aromatic rings. The maximum Gasteiger partial charge on any atom is 0.0534 e. The maximum absolute atomic E-state index is 2.41. The Morgan fingerprint density at radius 2 is 0.759 bits per heavy atom. The molecular formula is C52H30S2. The summed E-state index contributed by atoms with van der Waals surface area (Å²) >= 11 is 3.86. The van der Waals surface area contributed by atoms with E-state index in [2.05, 4.69) is 182 Å². The highest BCUT2D eigenvalue weighted by Crippen LogP contribution is 2.47. The lowest BCUT2D eigenvalue weighted by atomic mass is 9.85. The number of benzene rings is 10. The molecule has 250 valence electrons. The number of rotatable bonds is 3. The van der Waals surface area contributed by atoms with Crippen molar-refractivity contribution in [2.75, 3.05) is 0 Å². The van der Waals surface area contributed by atoms with Crippen molar-refractivity contribution in [3.05, 3.63) is 182 Å². The predicted octanol–water partition coefficient (Wildman–Crippen LogP) is 16.0. The molecule has 0 unspecified atom stereocenters. The van der Waals surface area contributed by atoms with Crippen LogP contribution in [-0.2, 0) is 0 Å². The minimum atomic E-state index is 1.24. The van der Waals surface area contributed by atoms with Gasteiger partial charge in [-0.2, -0.15) is 0 Å². The van der Waals surface area contributed by atoms with Gasteiger partial charge in [0.2, 0.25) is 0 Å². The minimum Gasteiger partial charge on any atom is -0.134 e. The van der Waals surface area contributed by atoms with Gasteiger partial charge in [0.15, 0.2) is 0 Å². The van der Waals surface area contributed by atoms with Crippen LogP contribution < -0.4 is 0 Å². The molecule has 10 aromatic carbocycles. The third kappa shape index (κ3) is 4.42. The topological polar surface area (TPSA) is 0 Å². The van der Waals surface area contributed by atoms with E-state index in [1.54, 1.807) is 0 Å². The molecular weight excluding hydrogens is 689 g/mol.